The summed E-state index contributed by atoms with van der Waals surface area (Å²) >= 11 is 11.6. The molecule has 1 N–H and O–H groups in total. The monoisotopic (exact) mass is 461 g/mol. The van der Waals surface area contributed by atoms with Crippen LogP contribution in [0, 0.1) is 0 Å². The van der Waals surface area contributed by atoms with Gasteiger partial charge in [-0.05, 0) is 30.3 Å². The summed E-state index contributed by atoms with van der Waals surface area (Å²) in [4.78, 5) is 27.9. The Kier molecular flexibility index (Phi) is 7.42. The van der Waals surface area contributed by atoms with E-state index in [1.807, 2.05) is 0 Å². The zero-order valence-electron chi connectivity index (χ0n) is 15.6. The summed E-state index contributed by atoms with van der Waals surface area (Å²) < 4.78 is 35.6. The van der Waals surface area contributed by atoms with Crippen molar-refractivity contribution >= 4 is 50.8 Å². The highest BCUT2D eigenvalue weighted by Gasteiger charge is 2.21. The lowest BCUT2D eigenvalue weighted by Crippen LogP contribution is -2.24. The fourth-order valence-electron chi connectivity index (χ4n) is 2.10. The van der Waals surface area contributed by atoms with Crippen LogP contribution in [-0.4, -0.2) is 57.4 Å². The largest absolute Gasteiger partial charge is 0.495 e. The van der Waals surface area contributed by atoms with Gasteiger partial charge in [-0.15, -0.1) is 0 Å². The third kappa shape index (κ3) is 5.57. The van der Waals surface area contributed by atoms with E-state index in [-0.39, 0.29) is 32.2 Å². The van der Waals surface area contributed by atoms with Crippen LogP contribution in [0.3, 0.4) is 0 Å². The predicted molar refractivity (Wildman–Crippen MR) is 107 cm³/mol. The van der Waals surface area contributed by atoms with Gasteiger partial charge in [-0.3, -0.25) is 4.79 Å². The van der Waals surface area contributed by atoms with Crippen LogP contribution in [0.2, 0.25) is 10.2 Å². The summed E-state index contributed by atoms with van der Waals surface area (Å²) in [5, 5.41) is 2.50. The molecule has 0 spiro atoms. The van der Waals surface area contributed by atoms with Gasteiger partial charge in [-0.1, -0.05) is 23.2 Å². The summed E-state index contributed by atoms with van der Waals surface area (Å²) in [5.41, 5.74) is -0.140. The van der Waals surface area contributed by atoms with E-state index in [1.54, 1.807) is 0 Å². The van der Waals surface area contributed by atoms with Crippen LogP contribution in [0.5, 0.6) is 5.75 Å². The Bertz CT molecular complexity index is 1040. The van der Waals surface area contributed by atoms with Crippen molar-refractivity contribution < 1.29 is 27.5 Å². The number of amides is 1. The Morgan fingerprint density at radius 1 is 1.17 bits per heavy atom. The van der Waals surface area contributed by atoms with Crippen LogP contribution in [0.25, 0.3) is 0 Å². The maximum atomic E-state index is 12.3. The Morgan fingerprint density at radius 2 is 1.86 bits per heavy atom. The maximum absolute atomic E-state index is 12.3. The van der Waals surface area contributed by atoms with Crippen molar-refractivity contribution in [1.82, 2.24) is 9.29 Å². The summed E-state index contributed by atoms with van der Waals surface area (Å²) in [5.74, 6) is -1.44. The fourth-order valence-corrected chi connectivity index (χ4v) is 3.36. The van der Waals surface area contributed by atoms with Gasteiger partial charge in [0.1, 0.15) is 10.9 Å². The first-order chi connectivity index (χ1) is 13.6. The van der Waals surface area contributed by atoms with Gasteiger partial charge in [0.15, 0.2) is 12.3 Å². The summed E-state index contributed by atoms with van der Waals surface area (Å²) in [6, 6.07) is 6.75. The number of rotatable bonds is 7. The molecule has 1 aromatic carbocycles. The molecule has 156 valence electrons. The number of carbonyl (C=O) groups excluding carboxylic acids is 2. The molecule has 0 saturated carbocycles. The third-order valence-corrected chi connectivity index (χ3v) is 5.89. The standard InChI is InChI=1S/C17H17Cl2N3O6S/c1-22(2)29(25,26)10-4-6-13(27-3)12(8-10)20-15(23)9-28-17(24)16-11(18)5-7-14(19)21-16/h4-8H,9H2,1-3H3,(H,20,23). The molecule has 0 radical (unpaired) electrons. The Hall–Kier alpha value is -2.40. The summed E-state index contributed by atoms with van der Waals surface area (Å²) in [6.45, 7) is -0.669. The number of hydrogen-bond acceptors (Lipinski definition) is 7. The third-order valence-electron chi connectivity index (χ3n) is 3.56. The van der Waals surface area contributed by atoms with Gasteiger partial charge in [0, 0.05) is 14.1 Å². The number of methoxy groups -OCH3 is 1. The highest BCUT2D eigenvalue weighted by Crippen LogP contribution is 2.28. The lowest BCUT2D eigenvalue weighted by molar-refractivity contribution is -0.119. The van der Waals surface area contributed by atoms with Gasteiger partial charge in [-0.2, -0.15) is 0 Å². The lowest BCUT2D eigenvalue weighted by atomic mass is 10.3. The Balaban J connectivity index is 2.14. The minimum Gasteiger partial charge on any atom is -0.495 e. The van der Waals surface area contributed by atoms with E-state index < -0.39 is 28.5 Å². The predicted octanol–water partition coefficient (Wildman–Crippen LogP) is 2.44. The van der Waals surface area contributed by atoms with E-state index in [0.29, 0.717) is 0 Å². The number of nitrogens with one attached hydrogen (secondary N) is 1. The van der Waals surface area contributed by atoms with Crippen LogP contribution in [0.15, 0.2) is 35.2 Å². The SMILES string of the molecule is COc1ccc(S(=O)(=O)N(C)C)cc1NC(=O)COC(=O)c1nc(Cl)ccc1Cl. The van der Waals surface area contributed by atoms with E-state index in [4.69, 9.17) is 32.7 Å². The van der Waals surface area contributed by atoms with Crippen molar-refractivity contribution in [2.24, 2.45) is 0 Å². The number of esters is 1. The quantitative estimate of drug-likeness (QED) is 0.497. The topological polar surface area (TPSA) is 115 Å². The van der Waals surface area contributed by atoms with Crippen molar-refractivity contribution in [3.05, 3.63) is 46.2 Å². The molecule has 0 aliphatic heterocycles. The lowest BCUT2D eigenvalue weighted by Gasteiger charge is -2.15. The van der Waals surface area contributed by atoms with Crippen molar-refractivity contribution in [2.75, 3.05) is 33.1 Å². The number of aromatic nitrogens is 1. The molecule has 0 fully saturated rings. The molecule has 2 aromatic rings. The molecule has 1 amide bonds. The normalized spacial score (nSPS) is 11.2. The van der Waals surface area contributed by atoms with E-state index in [1.165, 1.54) is 51.5 Å². The van der Waals surface area contributed by atoms with Crippen LogP contribution in [0.1, 0.15) is 10.5 Å². The van der Waals surface area contributed by atoms with Gasteiger partial charge in [-0.25, -0.2) is 22.5 Å². The molecule has 9 nitrogen and oxygen atoms in total. The highest BCUT2D eigenvalue weighted by molar-refractivity contribution is 7.89. The number of anilines is 1. The van der Waals surface area contributed by atoms with E-state index in [9.17, 15) is 18.0 Å². The van der Waals surface area contributed by atoms with Crippen molar-refractivity contribution in [3.8, 4) is 5.75 Å². The number of benzene rings is 1. The molecular weight excluding hydrogens is 445 g/mol. The molecule has 2 rings (SSSR count). The second kappa shape index (κ2) is 9.40. The van der Waals surface area contributed by atoms with Gasteiger partial charge >= 0.3 is 5.97 Å². The zero-order valence-corrected chi connectivity index (χ0v) is 17.9. The molecule has 1 heterocycles. The molecule has 0 unspecified atom stereocenters. The molecule has 0 atom stereocenters. The number of nitrogens with zero attached hydrogens (tertiary/aromatic N) is 2. The average Bonchev–Trinajstić information content (AvgIpc) is 2.67. The summed E-state index contributed by atoms with van der Waals surface area (Å²) in [7, 11) is 0.396. The van der Waals surface area contributed by atoms with Crippen molar-refractivity contribution in [2.45, 2.75) is 4.90 Å². The molecule has 29 heavy (non-hydrogen) atoms. The van der Waals surface area contributed by atoms with Crippen LogP contribution >= 0.6 is 23.2 Å². The second-order valence-electron chi connectivity index (χ2n) is 5.74. The number of hydrogen-bond donors (Lipinski definition) is 1. The molecule has 1 aromatic heterocycles. The van der Waals surface area contributed by atoms with Gasteiger partial charge in [0.05, 0.1) is 22.7 Å². The minimum atomic E-state index is -3.73. The van der Waals surface area contributed by atoms with Crippen molar-refractivity contribution in [3.63, 3.8) is 0 Å². The molecule has 0 aliphatic carbocycles. The zero-order chi connectivity index (χ0) is 21.8. The van der Waals surface area contributed by atoms with E-state index in [0.717, 1.165) is 4.31 Å². The van der Waals surface area contributed by atoms with Crippen LogP contribution < -0.4 is 10.1 Å². The smallest absolute Gasteiger partial charge is 0.359 e. The van der Waals surface area contributed by atoms with Crippen LogP contribution in [-0.2, 0) is 19.6 Å². The summed E-state index contributed by atoms with van der Waals surface area (Å²) in [6.07, 6.45) is 0. The fraction of sp³-hybridized carbons (Fsp3) is 0.235. The molecule has 0 aliphatic rings. The van der Waals surface area contributed by atoms with Gasteiger partial charge in [0.2, 0.25) is 10.0 Å². The minimum absolute atomic E-state index is 0.0167. The number of ether oxygens (including phenoxy) is 2. The average molecular weight is 462 g/mol. The van der Waals surface area contributed by atoms with Gasteiger partial charge < -0.3 is 14.8 Å². The second-order valence-corrected chi connectivity index (χ2v) is 8.68. The molecule has 12 heteroatoms. The maximum Gasteiger partial charge on any atom is 0.359 e. The van der Waals surface area contributed by atoms with E-state index >= 15 is 0 Å². The van der Waals surface area contributed by atoms with Gasteiger partial charge in [0.25, 0.3) is 5.91 Å². The first-order valence-electron chi connectivity index (χ1n) is 7.96. The van der Waals surface area contributed by atoms with Crippen molar-refractivity contribution in [1.29, 1.82) is 0 Å². The Morgan fingerprint density at radius 3 is 2.48 bits per heavy atom. The first-order valence-corrected chi connectivity index (χ1v) is 10.2. The number of pyridine rings is 1. The first kappa shape index (κ1) is 22.9. The van der Waals surface area contributed by atoms with E-state index in [2.05, 4.69) is 10.3 Å². The highest BCUT2D eigenvalue weighted by atomic mass is 35.5. The molecule has 0 bridgehead atoms. The Labute approximate surface area is 177 Å². The number of sulfonamides is 1. The number of halogens is 2. The number of carbonyl (C=O) groups is 2. The molecular formula is C17H17Cl2N3O6S. The van der Waals surface area contributed by atoms with Crippen LogP contribution in [0.4, 0.5) is 5.69 Å². The molecule has 0 saturated heterocycles.